The topological polar surface area (TPSA) is 69.6 Å². The number of halogens is 1. The Kier molecular flexibility index (Phi) is 5.49. The molecular formula is C14H19FN2O3. The second-order valence-corrected chi connectivity index (χ2v) is 5.08. The Balaban J connectivity index is 2.81. The van der Waals surface area contributed by atoms with Gasteiger partial charge < -0.3 is 15.3 Å². The Morgan fingerprint density at radius 2 is 2.05 bits per heavy atom. The fourth-order valence-corrected chi connectivity index (χ4v) is 1.74. The van der Waals surface area contributed by atoms with Gasteiger partial charge in [-0.05, 0) is 30.5 Å². The standard InChI is InChI=1S/C14H19FN2O3/c1-9(2)7-17(8-13(18)19)14(20)16-12-5-4-10(3)6-11(12)15/h4-6,9H,7-8H2,1-3H3,(H,16,20)(H,18,19). The zero-order valence-electron chi connectivity index (χ0n) is 11.8. The van der Waals surface area contributed by atoms with Crippen LogP contribution in [0.25, 0.3) is 0 Å². The second-order valence-electron chi connectivity index (χ2n) is 5.08. The van der Waals surface area contributed by atoms with Gasteiger partial charge in [0.2, 0.25) is 0 Å². The monoisotopic (exact) mass is 282 g/mol. The largest absolute Gasteiger partial charge is 0.480 e. The third kappa shape index (κ3) is 4.87. The number of carboxylic acids is 1. The Morgan fingerprint density at radius 1 is 1.40 bits per heavy atom. The molecular weight excluding hydrogens is 263 g/mol. The van der Waals surface area contributed by atoms with Crippen molar-refractivity contribution < 1.29 is 19.1 Å². The van der Waals surface area contributed by atoms with Crippen LogP contribution in [0, 0.1) is 18.7 Å². The molecule has 2 amide bonds. The first-order chi connectivity index (χ1) is 9.29. The number of aliphatic carboxylic acids is 1. The molecule has 20 heavy (non-hydrogen) atoms. The predicted octanol–water partition coefficient (Wildman–Crippen LogP) is 2.71. The molecule has 0 aromatic heterocycles. The molecule has 1 aromatic rings. The summed E-state index contributed by atoms with van der Waals surface area (Å²) >= 11 is 0. The summed E-state index contributed by atoms with van der Waals surface area (Å²) in [4.78, 5) is 23.9. The lowest BCUT2D eigenvalue weighted by Gasteiger charge is -2.23. The van der Waals surface area contributed by atoms with Gasteiger partial charge in [0.1, 0.15) is 12.4 Å². The van der Waals surface area contributed by atoms with Crippen molar-refractivity contribution in [2.45, 2.75) is 20.8 Å². The van der Waals surface area contributed by atoms with Crippen LogP contribution in [-0.2, 0) is 4.79 Å². The second kappa shape index (κ2) is 6.88. The number of nitrogens with zero attached hydrogens (tertiary/aromatic N) is 1. The number of benzene rings is 1. The highest BCUT2D eigenvalue weighted by Crippen LogP contribution is 2.16. The van der Waals surface area contributed by atoms with Gasteiger partial charge in [-0.15, -0.1) is 0 Å². The Morgan fingerprint density at radius 3 is 2.55 bits per heavy atom. The summed E-state index contributed by atoms with van der Waals surface area (Å²) in [6, 6.07) is 3.81. The van der Waals surface area contributed by atoms with Crippen molar-refractivity contribution in [3.8, 4) is 0 Å². The van der Waals surface area contributed by atoms with Crippen LogP contribution in [0.4, 0.5) is 14.9 Å². The van der Waals surface area contributed by atoms with Crippen LogP contribution < -0.4 is 5.32 Å². The van der Waals surface area contributed by atoms with Gasteiger partial charge in [-0.25, -0.2) is 9.18 Å². The molecule has 0 heterocycles. The van der Waals surface area contributed by atoms with Gasteiger partial charge in [-0.2, -0.15) is 0 Å². The molecule has 0 radical (unpaired) electrons. The molecule has 6 heteroatoms. The van der Waals surface area contributed by atoms with Crippen molar-refractivity contribution in [3.05, 3.63) is 29.6 Å². The smallest absolute Gasteiger partial charge is 0.323 e. The Labute approximate surface area is 117 Å². The lowest BCUT2D eigenvalue weighted by Crippen LogP contribution is -2.41. The van der Waals surface area contributed by atoms with Crippen LogP contribution >= 0.6 is 0 Å². The molecule has 0 aliphatic rings. The van der Waals surface area contributed by atoms with Crippen molar-refractivity contribution in [2.24, 2.45) is 5.92 Å². The van der Waals surface area contributed by atoms with Gasteiger partial charge in [0, 0.05) is 6.54 Å². The van der Waals surface area contributed by atoms with E-state index in [9.17, 15) is 14.0 Å². The number of aryl methyl sites for hydroxylation is 1. The lowest BCUT2D eigenvalue weighted by molar-refractivity contribution is -0.137. The Hall–Kier alpha value is -2.11. The number of carbonyl (C=O) groups excluding carboxylic acids is 1. The van der Waals surface area contributed by atoms with Gasteiger partial charge in [0.25, 0.3) is 0 Å². The summed E-state index contributed by atoms with van der Waals surface area (Å²) < 4.78 is 13.6. The molecule has 5 nitrogen and oxygen atoms in total. The van der Waals surface area contributed by atoms with Crippen LogP contribution in [0.1, 0.15) is 19.4 Å². The number of carbonyl (C=O) groups is 2. The van der Waals surface area contributed by atoms with Gasteiger partial charge in [0.15, 0.2) is 0 Å². The van der Waals surface area contributed by atoms with Crippen LogP contribution in [0.2, 0.25) is 0 Å². The highest BCUT2D eigenvalue weighted by Gasteiger charge is 2.19. The van der Waals surface area contributed by atoms with Crippen molar-refractivity contribution in [1.82, 2.24) is 4.90 Å². The van der Waals surface area contributed by atoms with Crippen LogP contribution in [0.3, 0.4) is 0 Å². The quantitative estimate of drug-likeness (QED) is 0.872. The normalized spacial score (nSPS) is 10.4. The molecule has 0 aliphatic carbocycles. The summed E-state index contributed by atoms with van der Waals surface area (Å²) in [5.74, 6) is -1.54. The first-order valence-corrected chi connectivity index (χ1v) is 6.33. The summed E-state index contributed by atoms with van der Waals surface area (Å²) in [6.07, 6.45) is 0. The van der Waals surface area contributed by atoms with Crippen molar-refractivity contribution >= 4 is 17.7 Å². The van der Waals surface area contributed by atoms with E-state index in [0.717, 1.165) is 10.5 Å². The molecule has 1 rings (SSSR count). The van der Waals surface area contributed by atoms with Crippen LogP contribution in [-0.4, -0.2) is 35.1 Å². The lowest BCUT2D eigenvalue weighted by atomic mass is 10.2. The average Bonchev–Trinajstić information content (AvgIpc) is 2.30. The summed E-state index contributed by atoms with van der Waals surface area (Å²) in [5.41, 5.74) is 0.782. The first kappa shape index (κ1) is 15.9. The van der Waals surface area contributed by atoms with E-state index >= 15 is 0 Å². The maximum Gasteiger partial charge on any atom is 0.323 e. The SMILES string of the molecule is Cc1ccc(NC(=O)N(CC(=O)O)CC(C)C)c(F)c1. The minimum absolute atomic E-state index is 0.0414. The van der Waals surface area contributed by atoms with Crippen molar-refractivity contribution in [2.75, 3.05) is 18.4 Å². The average molecular weight is 282 g/mol. The number of urea groups is 1. The fourth-order valence-electron chi connectivity index (χ4n) is 1.74. The third-order valence-corrected chi connectivity index (χ3v) is 2.57. The van der Waals surface area contributed by atoms with E-state index in [4.69, 9.17) is 5.11 Å². The van der Waals surface area contributed by atoms with Crippen LogP contribution in [0.15, 0.2) is 18.2 Å². The molecule has 0 atom stereocenters. The third-order valence-electron chi connectivity index (χ3n) is 2.57. The molecule has 0 bridgehead atoms. The maximum atomic E-state index is 13.6. The van der Waals surface area contributed by atoms with E-state index in [1.54, 1.807) is 13.0 Å². The zero-order valence-corrected chi connectivity index (χ0v) is 11.8. The minimum atomic E-state index is -1.11. The van der Waals surface area contributed by atoms with E-state index in [-0.39, 0.29) is 18.2 Å². The van der Waals surface area contributed by atoms with E-state index in [1.807, 2.05) is 13.8 Å². The number of nitrogens with one attached hydrogen (secondary N) is 1. The van der Waals surface area contributed by atoms with Gasteiger partial charge in [-0.3, -0.25) is 4.79 Å². The number of rotatable bonds is 5. The maximum absolute atomic E-state index is 13.6. The fraction of sp³-hybridized carbons (Fsp3) is 0.429. The molecule has 2 N–H and O–H groups in total. The number of carboxylic acid groups (broad SMARTS) is 1. The van der Waals surface area contributed by atoms with Crippen molar-refractivity contribution in [3.63, 3.8) is 0 Å². The number of anilines is 1. The molecule has 0 fully saturated rings. The van der Waals surface area contributed by atoms with Crippen molar-refractivity contribution in [1.29, 1.82) is 0 Å². The van der Waals surface area contributed by atoms with E-state index in [0.29, 0.717) is 0 Å². The van der Waals surface area contributed by atoms with E-state index in [2.05, 4.69) is 5.32 Å². The van der Waals surface area contributed by atoms with Gasteiger partial charge in [-0.1, -0.05) is 19.9 Å². The molecule has 1 aromatic carbocycles. The summed E-state index contributed by atoms with van der Waals surface area (Å²) in [7, 11) is 0. The zero-order chi connectivity index (χ0) is 15.3. The van der Waals surface area contributed by atoms with E-state index < -0.39 is 24.4 Å². The highest BCUT2D eigenvalue weighted by atomic mass is 19.1. The molecule has 0 aliphatic heterocycles. The number of amides is 2. The first-order valence-electron chi connectivity index (χ1n) is 6.33. The summed E-state index contributed by atoms with van der Waals surface area (Å²) in [5, 5.41) is 11.2. The molecule has 110 valence electrons. The Bertz CT molecular complexity index is 503. The van der Waals surface area contributed by atoms with Gasteiger partial charge in [0.05, 0.1) is 5.69 Å². The molecule has 0 spiro atoms. The van der Waals surface area contributed by atoms with E-state index in [1.165, 1.54) is 12.1 Å². The predicted molar refractivity (Wildman–Crippen MR) is 74.2 cm³/mol. The molecule has 0 saturated heterocycles. The van der Waals surface area contributed by atoms with Crippen LogP contribution in [0.5, 0.6) is 0 Å². The highest BCUT2D eigenvalue weighted by molar-refractivity contribution is 5.91. The molecule has 0 saturated carbocycles. The number of hydrogen-bond donors (Lipinski definition) is 2. The molecule has 0 unspecified atom stereocenters. The van der Waals surface area contributed by atoms with Gasteiger partial charge >= 0.3 is 12.0 Å². The minimum Gasteiger partial charge on any atom is -0.480 e. The number of hydrogen-bond acceptors (Lipinski definition) is 2. The summed E-state index contributed by atoms with van der Waals surface area (Å²) in [6.45, 7) is 5.34.